The average Bonchev–Trinajstić information content (AvgIpc) is 3.10. The summed E-state index contributed by atoms with van der Waals surface area (Å²) in [4.78, 5) is 6.18. The lowest BCUT2D eigenvalue weighted by atomic mass is 9.83. The lowest BCUT2D eigenvalue weighted by molar-refractivity contribution is 0.282. The van der Waals surface area contributed by atoms with E-state index in [1.165, 1.54) is 42.3 Å². The Hall–Kier alpha value is -1.54. The fraction of sp³-hybridized carbons (Fsp3) is 0.565. The third kappa shape index (κ3) is 2.66. The van der Waals surface area contributed by atoms with Gasteiger partial charge in [0.15, 0.2) is 0 Å². The number of nitrogens with one attached hydrogen (secondary N) is 1. The van der Waals surface area contributed by atoms with Crippen molar-refractivity contribution in [2.24, 2.45) is 11.8 Å². The number of nitrogens with zero attached hydrogens (tertiary/aromatic N) is 1. The minimum atomic E-state index is 0. The molecule has 1 saturated carbocycles. The van der Waals surface area contributed by atoms with E-state index in [2.05, 4.69) is 59.4 Å². The molecular formula is C23H36N2. The van der Waals surface area contributed by atoms with Crippen LogP contribution in [0.25, 0.3) is 10.9 Å². The summed E-state index contributed by atoms with van der Waals surface area (Å²) < 4.78 is 0. The first-order chi connectivity index (χ1) is 12.3. The van der Waals surface area contributed by atoms with Crippen molar-refractivity contribution in [3.8, 4) is 0 Å². The molecule has 1 aromatic carbocycles. The monoisotopic (exact) mass is 340 g/mol. The number of fused-ring (bicyclic) bond motifs is 1. The average molecular weight is 341 g/mol. The van der Waals surface area contributed by atoms with Crippen LogP contribution in [0.15, 0.2) is 42.6 Å². The second-order valence-corrected chi connectivity index (χ2v) is 7.00. The highest BCUT2D eigenvalue weighted by Crippen LogP contribution is 2.65. The van der Waals surface area contributed by atoms with Gasteiger partial charge in [0.1, 0.15) is 0 Å². The van der Waals surface area contributed by atoms with Gasteiger partial charge in [-0.1, -0.05) is 71.4 Å². The van der Waals surface area contributed by atoms with Crippen molar-refractivity contribution in [2.75, 3.05) is 6.54 Å². The first-order valence-electron chi connectivity index (χ1n) is 10.4. The molecule has 1 aliphatic heterocycles. The minimum Gasteiger partial charge on any atom is -0.361 e. The van der Waals surface area contributed by atoms with Gasteiger partial charge in [-0.2, -0.15) is 0 Å². The standard InChI is InChI=1S/C19H22N2.2C2H6.H2/c1-2-13-11-15-7-9-19(15)18(13)21(19)10-8-14-12-20-17-6-4-3-5-16(14)17;2*1-2;/h3-7,9,12-13,15,18,20H,2,8,10-11H2,1H3;2*1-2H3;1H. The van der Waals surface area contributed by atoms with Crippen LogP contribution < -0.4 is 0 Å². The molecule has 2 heterocycles. The zero-order chi connectivity index (χ0) is 18.0. The minimum absolute atomic E-state index is 0. The van der Waals surface area contributed by atoms with E-state index in [-0.39, 0.29) is 1.43 Å². The Kier molecular flexibility index (Phi) is 5.38. The van der Waals surface area contributed by atoms with E-state index < -0.39 is 0 Å². The molecule has 5 rings (SSSR count). The molecule has 0 radical (unpaired) electrons. The summed E-state index contributed by atoms with van der Waals surface area (Å²) in [5.74, 6) is 1.78. The third-order valence-corrected chi connectivity index (χ3v) is 6.25. The van der Waals surface area contributed by atoms with E-state index in [9.17, 15) is 0 Å². The molecule has 0 amide bonds. The van der Waals surface area contributed by atoms with E-state index in [1.807, 2.05) is 27.7 Å². The van der Waals surface area contributed by atoms with Crippen molar-refractivity contribution in [1.82, 2.24) is 9.88 Å². The normalized spacial score (nSPS) is 33.3. The van der Waals surface area contributed by atoms with Crippen LogP contribution in [-0.4, -0.2) is 28.0 Å². The molecule has 2 heteroatoms. The van der Waals surface area contributed by atoms with E-state index in [0.717, 1.165) is 17.9 Å². The van der Waals surface area contributed by atoms with Crippen LogP contribution in [0.2, 0.25) is 0 Å². The molecule has 2 aliphatic carbocycles. The number of aromatic amines is 1. The summed E-state index contributed by atoms with van der Waals surface area (Å²) >= 11 is 0. The van der Waals surface area contributed by atoms with Crippen molar-refractivity contribution < 1.29 is 1.43 Å². The van der Waals surface area contributed by atoms with Crippen LogP contribution in [0, 0.1) is 11.8 Å². The number of piperidine rings is 1. The summed E-state index contributed by atoms with van der Waals surface area (Å²) in [7, 11) is 0. The number of hydrogen-bond acceptors (Lipinski definition) is 1. The molecule has 0 bridgehead atoms. The van der Waals surface area contributed by atoms with E-state index in [1.54, 1.807) is 0 Å². The third-order valence-electron chi connectivity index (χ3n) is 6.25. The Balaban J connectivity index is 0.000000457. The van der Waals surface area contributed by atoms with Crippen LogP contribution in [0.3, 0.4) is 0 Å². The lowest BCUT2D eigenvalue weighted by Gasteiger charge is -2.29. The Bertz CT molecular complexity index is 735. The van der Waals surface area contributed by atoms with Gasteiger partial charge in [0.05, 0.1) is 5.54 Å². The SMILES string of the molecule is CC.CC.CCC1CC2C=CC23C1N3CCc1c[nH]c2ccccc12.[HH]. The van der Waals surface area contributed by atoms with E-state index in [0.29, 0.717) is 5.54 Å². The van der Waals surface area contributed by atoms with Crippen LogP contribution in [0.1, 0.15) is 54.5 Å². The number of rotatable bonds is 4. The van der Waals surface area contributed by atoms with Gasteiger partial charge in [-0.15, -0.1) is 0 Å². The summed E-state index contributed by atoms with van der Waals surface area (Å²) in [6, 6.07) is 9.50. The van der Waals surface area contributed by atoms with Crippen LogP contribution in [0.5, 0.6) is 0 Å². The Morgan fingerprint density at radius 1 is 1.20 bits per heavy atom. The van der Waals surface area contributed by atoms with Gasteiger partial charge in [-0.3, -0.25) is 4.90 Å². The maximum Gasteiger partial charge on any atom is 0.0617 e. The number of H-pyrrole nitrogens is 1. The zero-order valence-corrected chi connectivity index (χ0v) is 16.5. The maximum atomic E-state index is 3.40. The van der Waals surface area contributed by atoms with Gasteiger partial charge in [-0.25, -0.2) is 0 Å². The number of para-hydroxylation sites is 1. The second kappa shape index (κ2) is 7.37. The van der Waals surface area contributed by atoms with Crippen LogP contribution >= 0.6 is 0 Å². The van der Waals surface area contributed by atoms with E-state index in [4.69, 9.17) is 0 Å². The molecule has 25 heavy (non-hydrogen) atoms. The number of hydrogen-bond donors (Lipinski definition) is 1. The van der Waals surface area contributed by atoms with E-state index >= 15 is 0 Å². The topological polar surface area (TPSA) is 18.8 Å². The zero-order valence-electron chi connectivity index (χ0n) is 16.5. The van der Waals surface area contributed by atoms with Gasteiger partial charge in [0, 0.05) is 37.0 Å². The molecule has 1 aromatic heterocycles. The highest BCUT2D eigenvalue weighted by molar-refractivity contribution is 5.83. The molecule has 5 atom stereocenters. The Labute approximate surface area is 154 Å². The number of aromatic nitrogens is 1. The molecule has 1 N–H and O–H groups in total. The Morgan fingerprint density at radius 2 is 1.96 bits per heavy atom. The highest BCUT2D eigenvalue weighted by Gasteiger charge is 2.73. The summed E-state index contributed by atoms with van der Waals surface area (Å²) in [6.45, 7) is 11.6. The summed E-state index contributed by atoms with van der Waals surface area (Å²) in [5.41, 5.74) is 3.23. The first kappa shape index (κ1) is 18.3. The second-order valence-electron chi connectivity index (χ2n) is 7.00. The van der Waals surface area contributed by atoms with Gasteiger partial charge >= 0.3 is 0 Å². The smallest absolute Gasteiger partial charge is 0.0617 e. The number of benzene rings is 1. The largest absolute Gasteiger partial charge is 0.361 e. The number of likely N-dealkylation sites (tertiary alicyclic amines) is 1. The molecule has 3 aliphatic rings. The molecule has 1 saturated heterocycles. The predicted molar refractivity (Wildman–Crippen MR) is 111 cm³/mol. The highest BCUT2D eigenvalue weighted by atomic mass is 15.4. The van der Waals surface area contributed by atoms with Crippen LogP contribution in [-0.2, 0) is 6.42 Å². The molecule has 2 fully saturated rings. The fourth-order valence-corrected chi connectivity index (χ4v) is 5.12. The molecule has 2 nitrogen and oxygen atoms in total. The van der Waals surface area contributed by atoms with Crippen LogP contribution in [0.4, 0.5) is 0 Å². The first-order valence-corrected chi connectivity index (χ1v) is 10.4. The molecule has 5 unspecified atom stereocenters. The Morgan fingerprint density at radius 3 is 2.64 bits per heavy atom. The predicted octanol–water partition coefficient (Wildman–Crippen LogP) is 6.05. The van der Waals surface area contributed by atoms with Gasteiger partial charge in [0.2, 0.25) is 0 Å². The molecule has 2 aromatic rings. The van der Waals surface area contributed by atoms with Crippen molar-refractivity contribution >= 4 is 10.9 Å². The van der Waals surface area contributed by atoms with Crippen molar-refractivity contribution in [1.29, 1.82) is 0 Å². The van der Waals surface area contributed by atoms with Gasteiger partial charge < -0.3 is 4.98 Å². The van der Waals surface area contributed by atoms with Crippen molar-refractivity contribution in [3.63, 3.8) is 0 Å². The fourth-order valence-electron chi connectivity index (χ4n) is 5.12. The summed E-state index contributed by atoms with van der Waals surface area (Å²) in [5, 5.41) is 1.40. The quantitative estimate of drug-likeness (QED) is 0.530. The molecule has 1 spiro atoms. The molecular weight excluding hydrogens is 304 g/mol. The lowest BCUT2D eigenvalue weighted by Crippen LogP contribution is -2.32. The van der Waals surface area contributed by atoms with Gasteiger partial charge in [-0.05, 0) is 30.4 Å². The van der Waals surface area contributed by atoms with Crippen molar-refractivity contribution in [2.45, 2.75) is 65.5 Å². The maximum absolute atomic E-state index is 3.40. The van der Waals surface area contributed by atoms with Crippen molar-refractivity contribution in [3.05, 3.63) is 48.2 Å². The van der Waals surface area contributed by atoms with Gasteiger partial charge in [0.25, 0.3) is 0 Å². The summed E-state index contributed by atoms with van der Waals surface area (Å²) in [6.07, 6.45) is 11.1. The molecule has 138 valence electrons.